The van der Waals surface area contributed by atoms with Crippen LogP contribution in [-0.2, 0) is 6.54 Å². The fourth-order valence-corrected chi connectivity index (χ4v) is 3.35. The summed E-state index contributed by atoms with van der Waals surface area (Å²) in [7, 11) is 0. The van der Waals surface area contributed by atoms with Crippen LogP contribution in [-0.4, -0.2) is 14.7 Å². The van der Waals surface area contributed by atoms with Gasteiger partial charge in [0.25, 0.3) is 0 Å². The van der Waals surface area contributed by atoms with Crippen molar-refractivity contribution in [2.24, 2.45) is 5.92 Å². The molecule has 3 nitrogen and oxygen atoms in total. The SMILES string of the molecule is CCC(O)c1nc2ccccc2n1CC1CCCCC1. The molecule has 1 aromatic carbocycles. The van der Waals surface area contributed by atoms with Crippen molar-refractivity contribution in [3.63, 3.8) is 0 Å². The molecule has 0 radical (unpaired) electrons. The second kappa shape index (κ2) is 5.96. The Morgan fingerprint density at radius 3 is 2.75 bits per heavy atom. The van der Waals surface area contributed by atoms with Crippen LogP contribution in [0, 0.1) is 5.92 Å². The first-order chi connectivity index (χ1) is 9.79. The number of aliphatic hydroxyl groups excluding tert-OH is 1. The molecule has 0 amide bonds. The highest BCUT2D eigenvalue weighted by molar-refractivity contribution is 5.76. The molecule has 1 N–H and O–H groups in total. The van der Waals surface area contributed by atoms with E-state index in [-0.39, 0.29) is 0 Å². The Morgan fingerprint density at radius 1 is 1.25 bits per heavy atom. The van der Waals surface area contributed by atoms with Gasteiger partial charge in [0.1, 0.15) is 11.9 Å². The molecule has 1 unspecified atom stereocenters. The largest absolute Gasteiger partial charge is 0.385 e. The summed E-state index contributed by atoms with van der Waals surface area (Å²) in [5, 5.41) is 10.3. The Bertz CT molecular complexity index is 569. The molecule has 0 bridgehead atoms. The first kappa shape index (κ1) is 13.6. The van der Waals surface area contributed by atoms with Crippen molar-refractivity contribution in [3.05, 3.63) is 30.1 Å². The van der Waals surface area contributed by atoms with Crippen LogP contribution in [0.15, 0.2) is 24.3 Å². The molecule has 0 aliphatic heterocycles. The number of hydrogen-bond donors (Lipinski definition) is 1. The average Bonchev–Trinajstić information content (AvgIpc) is 2.86. The minimum atomic E-state index is -0.453. The molecular formula is C17H24N2O. The van der Waals surface area contributed by atoms with Crippen LogP contribution in [0.1, 0.15) is 57.4 Å². The van der Waals surface area contributed by atoms with E-state index >= 15 is 0 Å². The normalized spacial score (nSPS) is 18.5. The molecular weight excluding hydrogens is 248 g/mol. The Morgan fingerprint density at radius 2 is 2.00 bits per heavy atom. The monoisotopic (exact) mass is 272 g/mol. The fourth-order valence-electron chi connectivity index (χ4n) is 3.35. The summed E-state index contributed by atoms with van der Waals surface area (Å²) in [6, 6.07) is 8.24. The summed E-state index contributed by atoms with van der Waals surface area (Å²) >= 11 is 0. The maximum Gasteiger partial charge on any atom is 0.138 e. The summed E-state index contributed by atoms with van der Waals surface area (Å²) in [4.78, 5) is 4.66. The lowest BCUT2D eigenvalue weighted by Crippen LogP contribution is -2.17. The van der Waals surface area contributed by atoms with Crippen LogP contribution >= 0.6 is 0 Å². The number of aliphatic hydroxyl groups is 1. The van der Waals surface area contributed by atoms with Crippen LogP contribution in [0.2, 0.25) is 0 Å². The first-order valence-electron chi connectivity index (χ1n) is 7.92. The molecule has 2 aromatic rings. The number of fused-ring (bicyclic) bond motifs is 1. The molecule has 0 saturated heterocycles. The maximum absolute atomic E-state index is 10.3. The topological polar surface area (TPSA) is 38.1 Å². The van der Waals surface area contributed by atoms with Crippen LogP contribution in [0.5, 0.6) is 0 Å². The second-order valence-electron chi connectivity index (χ2n) is 6.00. The van der Waals surface area contributed by atoms with Crippen LogP contribution < -0.4 is 0 Å². The Kier molecular flexibility index (Phi) is 4.06. The number of nitrogens with zero attached hydrogens (tertiary/aromatic N) is 2. The molecule has 1 saturated carbocycles. The van der Waals surface area contributed by atoms with E-state index in [4.69, 9.17) is 0 Å². The van der Waals surface area contributed by atoms with Gasteiger partial charge in [0.2, 0.25) is 0 Å². The van der Waals surface area contributed by atoms with Gasteiger partial charge in [0.15, 0.2) is 0 Å². The number of para-hydroxylation sites is 2. The van der Waals surface area contributed by atoms with Gasteiger partial charge in [-0.15, -0.1) is 0 Å². The summed E-state index contributed by atoms with van der Waals surface area (Å²) in [5.74, 6) is 1.59. The van der Waals surface area contributed by atoms with Crippen molar-refractivity contribution >= 4 is 11.0 Å². The van der Waals surface area contributed by atoms with Crippen LogP contribution in [0.4, 0.5) is 0 Å². The highest BCUT2D eigenvalue weighted by Gasteiger charge is 2.20. The number of imidazole rings is 1. The summed E-state index contributed by atoms with van der Waals surface area (Å²) in [6.45, 7) is 3.02. The van der Waals surface area contributed by atoms with E-state index in [1.54, 1.807) is 0 Å². The first-order valence-corrected chi connectivity index (χ1v) is 7.92. The van der Waals surface area contributed by atoms with E-state index in [9.17, 15) is 5.11 Å². The molecule has 1 fully saturated rings. The summed E-state index contributed by atoms with van der Waals surface area (Å²) in [5.41, 5.74) is 2.17. The zero-order chi connectivity index (χ0) is 13.9. The van der Waals surface area contributed by atoms with Gasteiger partial charge in [-0.05, 0) is 37.3 Å². The van der Waals surface area contributed by atoms with Crippen molar-refractivity contribution in [1.29, 1.82) is 0 Å². The smallest absolute Gasteiger partial charge is 0.138 e. The van der Waals surface area contributed by atoms with Crippen LogP contribution in [0.25, 0.3) is 11.0 Å². The summed E-state index contributed by atoms with van der Waals surface area (Å²) in [6.07, 6.45) is 6.97. The minimum absolute atomic E-state index is 0.453. The van der Waals surface area contributed by atoms with E-state index in [0.717, 1.165) is 23.8 Å². The Hall–Kier alpha value is -1.35. The summed E-state index contributed by atoms with van der Waals surface area (Å²) < 4.78 is 2.26. The van der Waals surface area contributed by atoms with Gasteiger partial charge in [-0.1, -0.05) is 38.3 Å². The lowest BCUT2D eigenvalue weighted by molar-refractivity contribution is 0.156. The minimum Gasteiger partial charge on any atom is -0.385 e. The van der Waals surface area contributed by atoms with Gasteiger partial charge in [-0.25, -0.2) is 4.98 Å². The average molecular weight is 272 g/mol. The predicted molar refractivity (Wildman–Crippen MR) is 81.6 cm³/mol. The van der Waals surface area contributed by atoms with Gasteiger partial charge >= 0.3 is 0 Å². The molecule has 1 aromatic heterocycles. The third-order valence-electron chi connectivity index (χ3n) is 4.53. The highest BCUT2D eigenvalue weighted by Crippen LogP contribution is 2.29. The molecule has 3 heteroatoms. The van der Waals surface area contributed by atoms with E-state index in [1.165, 1.54) is 37.6 Å². The maximum atomic E-state index is 10.3. The lowest BCUT2D eigenvalue weighted by Gasteiger charge is -2.24. The fraction of sp³-hybridized carbons (Fsp3) is 0.588. The molecule has 1 aliphatic rings. The predicted octanol–water partition coefficient (Wildman–Crippen LogP) is 4.06. The number of benzene rings is 1. The van der Waals surface area contributed by atoms with Crippen molar-refractivity contribution < 1.29 is 5.11 Å². The van der Waals surface area contributed by atoms with E-state index in [2.05, 4.69) is 21.7 Å². The quantitative estimate of drug-likeness (QED) is 0.911. The highest BCUT2D eigenvalue weighted by atomic mass is 16.3. The van der Waals surface area contributed by atoms with E-state index in [0.29, 0.717) is 6.42 Å². The lowest BCUT2D eigenvalue weighted by atomic mass is 9.89. The van der Waals surface area contributed by atoms with E-state index in [1.807, 2.05) is 19.1 Å². The third kappa shape index (κ3) is 2.59. The standard InChI is InChI=1S/C17H24N2O/c1-2-16(20)17-18-14-10-6-7-11-15(14)19(17)12-13-8-4-3-5-9-13/h6-7,10-11,13,16,20H,2-5,8-9,12H2,1H3. The third-order valence-corrected chi connectivity index (χ3v) is 4.53. The molecule has 20 heavy (non-hydrogen) atoms. The molecule has 0 spiro atoms. The van der Waals surface area contributed by atoms with Crippen molar-refractivity contribution in [1.82, 2.24) is 9.55 Å². The molecule has 108 valence electrons. The van der Waals surface area contributed by atoms with E-state index < -0.39 is 6.10 Å². The van der Waals surface area contributed by atoms with Gasteiger partial charge in [-0.2, -0.15) is 0 Å². The zero-order valence-corrected chi connectivity index (χ0v) is 12.3. The van der Waals surface area contributed by atoms with Crippen molar-refractivity contribution in [2.75, 3.05) is 0 Å². The van der Waals surface area contributed by atoms with Gasteiger partial charge in [0.05, 0.1) is 11.0 Å². The van der Waals surface area contributed by atoms with Gasteiger partial charge in [0, 0.05) is 6.54 Å². The molecule has 1 atom stereocenters. The number of rotatable bonds is 4. The second-order valence-corrected chi connectivity index (χ2v) is 6.00. The van der Waals surface area contributed by atoms with Gasteiger partial charge in [-0.3, -0.25) is 0 Å². The number of aromatic nitrogens is 2. The van der Waals surface area contributed by atoms with Gasteiger partial charge < -0.3 is 9.67 Å². The van der Waals surface area contributed by atoms with Crippen molar-refractivity contribution in [3.8, 4) is 0 Å². The molecule has 3 rings (SSSR count). The Balaban J connectivity index is 1.97. The van der Waals surface area contributed by atoms with Crippen molar-refractivity contribution in [2.45, 2.75) is 58.1 Å². The van der Waals surface area contributed by atoms with Crippen LogP contribution in [0.3, 0.4) is 0 Å². The zero-order valence-electron chi connectivity index (χ0n) is 12.3. The molecule has 1 heterocycles. The Labute approximate surface area is 120 Å². The molecule has 1 aliphatic carbocycles. The number of hydrogen-bond acceptors (Lipinski definition) is 2.